The van der Waals surface area contributed by atoms with Gasteiger partial charge in [0.15, 0.2) is 5.43 Å². The maximum Gasteiger partial charge on any atom is 0.432 e. The van der Waals surface area contributed by atoms with Crippen LogP contribution in [-0.4, -0.2) is 18.8 Å². The highest BCUT2D eigenvalue weighted by Crippen LogP contribution is 2.44. The Morgan fingerprint density at radius 3 is 2.55 bits per heavy atom. The first-order valence-corrected chi connectivity index (χ1v) is 9.09. The van der Waals surface area contributed by atoms with Gasteiger partial charge < -0.3 is 14.5 Å². The van der Waals surface area contributed by atoms with Crippen LogP contribution >= 0.6 is 0 Å². The lowest BCUT2D eigenvalue weighted by molar-refractivity contribution is -0.139. The quantitative estimate of drug-likeness (QED) is 0.575. The molecule has 0 aliphatic carbocycles. The first-order valence-electron chi connectivity index (χ1n) is 9.09. The van der Waals surface area contributed by atoms with Crippen molar-refractivity contribution in [2.45, 2.75) is 32.9 Å². The summed E-state index contributed by atoms with van der Waals surface area (Å²) in [4.78, 5) is 25.0. The molecule has 1 aliphatic rings. The van der Waals surface area contributed by atoms with Crippen molar-refractivity contribution in [2.24, 2.45) is 0 Å². The number of rotatable bonds is 3. The minimum atomic E-state index is -4.97. The maximum absolute atomic E-state index is 14.4. The van der Waals surface area contributed by atoms with Gasteiger partial charge in [-0.05, 0) is 32.9 Å². The average Bonchev–Trinajstić information content (AvgIpc) is 2.66. The molecule has 3 rings (SSSR count). The molecule has 0 amide bonds. The van der Waals surface area contributed by atoms with Gasteiger partial charge in [0.25, 0.3) is 0 Å². The number of nitriles is 1. The summed E-state index contributed by atoms with van der Waals surface area (Å²) in [5.41, 5.74) is -3.91. The molecule has 10 heteroatoms. The molecule has 31 heavy (non-hydrogen) atoms. The normalized spacial score (nSPS) is 16.9. The molecular formula is C21H16F4N2O4. The van der Waals surface area contributed by atoms with E-state index in [1.165, 1.54) is 26.8 Å². The van der Waals surface area contributed by atoms with Crippen molar-refractivity contribution >= 4 is 16.9 Å². The third-order valence-electron chi connectivity index (χ3n) is 4.72. The molecule has 0 saturated carbocycles. The van der Waals surface area contributed by atoms with E-state index in [0.29, 0.717) is 0 Å². The zero-order chi connectivity index (χ0) is 23.1. The smallest absolute Gasteiger partial charge is 0.432 e. The minimum absolute atomic E-state index is 0.0852. The van der Waals surface area contributed by atoms with E-state index >= 15 is 0 Å². The number of carbonyl (C=O) groups is 1. The lowest BCUT2D eigenvalue weighted by Gasteiger charge is -2.30. The van der Waals surface area contributed by atoms with Crippen LogP contribution < -0.4 is 10.7 Å². The summed E-state index contributed by atoms with van der Waals surface area (Å²) in [6, 6.07) is 4.31. The SMILES string of the molecule is CCOC(=O)C1=C(C)NC(C(F)(F)F)=C(C#N)C1c1cc(F)cc2c(=O)cc(C)oc12. The van der Waals surface area contributed by atoms with Crippen molar-refractivity contribution in [3.63, 3.8) is 0 Å². The van der Waals surface area contributed by atoms with Crippen molar-refractivity contribution in [1.29, 1.82) is 5.26 Å². The van der Waals surface area contributed by atoms with Gasteiger partial charge in [0.05, 0.1) is 35.1 Å². The van der Waals surface area contributed by atoms with Gasteiger partial charge in [-0.15, -0.1) is 0 Å². The maximum atomic E-state index is 14.4. The van der Waals surface area contributed by atoms with Gasteiger partial charge in [-0.2, -0.15) is 18.4 Å². The number of hydrogen-bond acceptors (Lipinski definition) is 6. The molecular weight excluding hydrogens is 420 g/mol. The number of ether oxygens (including phenoxy) is 1. The number of fused-ring (bicyclic) bond motifs is 1. The van der Waals surface area contributed by atoms with Crippen molar-refractivity contribution in [3.8, 4) is 6.07 Å². The number of carbonyl (C=O) groups excluding carboxylic acids is 1. The van der Waals surface area contributed by atoms with Crippen LogP contribution in [0.25, 0.3) is 11.0 Å². The van der Waals surface area contributed by atoms with Crippen LogP contribution in [0.5, 0.6) is 0 Å². The fourth-order valence-electron chi connectivity index (χ4n) is 3.54. The lowest BCUT2D eigenvalue weighted by atomic mass is 9.80. The number of hydrogen-bond donors (Lipinski definition) is 1. The summed E-state index contributed by atoms with van der Waals surface area (Å²) in [6.07, 6.45) is -4.97. The fourth-order valence-corrected chi connectivity index (χ4v) is 3.54. The molecule has 1 aromatic heterocycles. The molecule has 6 nitrogen and oxygen atoms in total. The van der Waals surface area contributed by atoms with Gasteiger partial charge in [0, 0.05) is 17.3 Å². The van der Waals surface area contributed by atoms with Crippen molar-refractivity contribution < 1.29 is 31.5 Å². The van der Waals surface area contributed by atoms with Crippen LogP contribution in [0.2, 0.25) is 0 Å². The highest BCUT2D eigenvalue weighted by atomic mass is 19.4. The predicted molar refractivity (Wildman–Crippen MR) is 101 cm³/mol. The van der Waals surface area contributed by atoms with Crippen molar-refractivity contribution in [2.75, 3.05) is 6.61 Å². The van der Waals surface area contributed by atoms with E-state index in [4.69, 9.17) is 9.15 Å². The topological polar surface area (TPSA) is 92.3 Å². The van der Waals surface area contributed by atoms with Gasteiger partial charge in [-0.25, -0.2) is 9.18 Å². The second kappa shape index (κ2) is 7.91. The fraction of sp³-hybridized carbons (Fsp3) is 0.286. The van der Waals surface area contributed by atoms with Crippen LogP contribution in [0, 0.1) is 24.1 Å². The van der Waals surface area contributed by atoms with E-state index in [9.17, 15) is 32.4 Å². The Labute approximate surface area is 173 Å². The second-order valence-electron chi connectivity index (χ2n) is 6.81. The number of benzene rings is 1. The second-order valence-corrected chi connectivity index (χ2v) is 6.81. The number of halogens is 4. The molecule has 1 unspecified atom stereocenters. The molecule has 1 aromatic carbocycles. The standard InChI is InChI=1S/C21H16F4N2O4/c1-4-30-20(29)16-10(3)27-19(21(23,24)25)14(8-26)17(16)13-7-11(22)6-12-15(28)5-9(2)31-18(12)13/h5-7,17,27H,4H2,1-3H3. The largest absolute Gasteiger partial charge is 0.463 e. The average molecular weight is 436 g/mol. The number of nitrogens with zero attached hydrogens (tertiary/aromatic N) is 1. The Morgan fingerprint density at radius 2 is 1.97 bits per heavy atom. The Kier molecular flexibility index (Phi) is 5.63. The molecule has 2 heterocycles. The Bertz CT molecular complexity index is 1250. The van der Waals surface area contributed by atoms with Crippen LogP contribution in [0.1, 0.15) is 31.1 Å². The van der Waals surface area contributed by atoms with Crippen molar-refractivity contribution in [1.82, 2.24) is 5.32 Å². The third-order valence-corrected chi connectivity index (χ3v) is 4.72. The molecule has 1 aliphatic heterocycles. The number of allylic oxidation sites excluding steroid dienone is 3. The molecule has 1 atom stereocenters. The zero-order valence-electron chi connectivity index (χ0n) is 16.6. The van der Waals surface area contributed by atoms with Crippen LogP contribution in [0.15, 0.2) is 50.0 Å². The van der Waals surface area contributed by atoms with E-state index < -0.39 is 40.6 Å². The molecule has 0 saturated heterocycles. The van der Waals surface area contributed by atoms with E-state index in [-0.39, 0.29) is 40.2 Å². The summed E-state index contributed by atoms with van der Waals surface area (Å²) in [5.74, 6) is -3.48. The number of dihydropyridines is 1. The summed E-state index contributed by atoms with van der Waals surface area (Å²) < 4.78 is 66.0. The summed E-state index contributed by atoms with van der Waals surface area (Å²) >= 11 is 0. The predicted octanol–water partition coefficient (Wildman–Crippen LogP) is 4.10. The van der Waals surface area contributed by atoms with E-state index in [1.807, 2.05) is 0 Å². The van der Waals surface area contributed by atoms with Gasteiger partial charge in [-0.1, -0.05) is 0 Å². The summed E-state index contributed by atoms with van der Waals surface area (Å²) in [7, 11) is 0. The van der Waals surface area contributed by atoms with Crippen LogP contribution in [-0.2, 0) is 9.53 Å². The molecule has 1 N–H and O–H groups in total. The Morgan fingerprint density at radius 1 is 1.29 bits per heavy atom. The number of alkyl halides is 3. The molecule has 2 aromatic rings. The molecule has 162 valence electrons. The van der Waals surface area contributed by atoms with Crippen molar-refractivity contribution in [3.05, 3.63) is 68.1 Å². The van der Waals surface area contributed by atoms with E-state index in [0.717, 1.165) is 18.2 Å². The minimum Gasteiger partial charge on any atom is -0.463 e. The highest BCUT2D eigenvalue weighted by Gasteiger charge is 2.45. The molecule has 0 spiro atoms. The summed E-state index contributed by atoms with van der Waals surface area (Å²) in [5, 5.41) is 11.4. The van der Waals surface area contributed by atoms with Gasteiger partial charge >= 0.3 is 12.1 Å². The Balaban J connectivity index is 2.47. The van der Waals surface area contributed by atoms with E-state index in [1.54, 1.807) is 0 Å². The monoisotopic (exact) mass is 436 g/mol. The highest BCUT2D eigenvalue weighted by molar-refractivity contribution is 5.95. The number of nitrogens with one attached hydrogen (secondary N) is 1. The number of aryl methyl sites for hydroxylation is 1. The number of esters is 1. The van der Waals surface area contributed by atoms with Gasteiger partial charge in [0.2, 0.25) is 0 Å². The summed E-state index contributed by atoms with van der Waals surface area (Å²) in [6.45, 7) is 4.06. The van der Waals surface area contributed by atoms with Crippen LogP contribution in [0.3, 0.4) is 0 Å². The Hall–Kier alpha value is -3.61. The first kappa shape index (κ1) is 22.1. The van der Waals surface area contributed by atoms with Gasteiger partial charge in [-0.3, -0.25) is 4.79 Å². The van der Waals surface area contributed by atoms with Crippen LogP contribution in [0.4, 0.5) is 17.6 Å². The third kappa shape index (κ3) is 3.91. The molecule has 0 bridgehead atoms. The zero-order valence-corrected chi connectivity index (χ0v) is 16.6. The van der Waals surface area contributed by atoms with Gasteiger partial charge in [0.1, 0.15) is 22.9 Å². The molecule has 0 radical (unpaired) electrons. The van der Waals surface area contributed by atoms with E-state index in [2.05, 4.69) is 5.32 Å². The first-order chi connectivity index (χ1) is 14.5. The lowest BCUT2D eigenvalue weighted by Crippen LogP contribution is -2.35. The molecule has 0 fully saturated rings.